The Labute approximate surface area is 250 Å². The number of guanidine groups is 1. The molecule has 0 unspecified atom stereocenters. The SMILES string of the molecule is C=N/C(=N\C1=NCc2ccc(cc2)C(=O)NCCCCCCCCCCCNC(=O)c2ccc(cc2)N1)OCC(F)(F)F. The highest BCUT2D eigenvalue weighted by Crippen LogP contribution is 2.16. The summed E-state index contributed by atoms with van der Waals surface area (Å²) in [6.07, 6.45) is 5.15. The number of halogens is 3. The first kappa shape index (κ1) is 33.3. The fourth-order valence-electron chi connectivity index (χ4n) is 4.31. The van der Waals surface area contributed by atoms with Gasteiger partial charge in [-0.05, 0) is 61.5 Å². The minimum Gasteiger partial charge on any atom is -0.454 e. The molecule has 0 radical (unpaired) electrons. The van der Waals surface area contributed by atoms with E-state index >= 15 is 0 Å². The number of anilines is 1. The molecule has 43 heavy (non-hydrogen) atoms. The van der Waals surface area contributed by atoms with E-state index in [0.717, 1.165) is 44.1 Å². The Morgan fingerprint density at radius 1 is 0.791 bits per heavy atom. The van der Waals surface area contributed by atoms with Crippen LogP contribution in [0.2, 0.25) is 0 Å². The zero-order valence-corrected chi connectivity index (χ0v) is 24.2. The normalized spacial score (nSPS) is 17.2. The van der Waals surface area contributed by atoms with Gasteiger partial charge in [0, 0.05) is 29.9 Å². The van der Waals surface area contributed by atoms with Crippen molar-refractivity contribution in [3.8, 4) is 0 Å². The maximum absolute atomic E-state index is 12.7. The molecule has 0 atom stereocenters. The fourth-order valence-corrected chi connectivity index (χ4v) is 4.31. The lowest BCUT2D eigenvalue weighted by Gasteiger charge is -2.11. The molecule has 5 rings (SSSR count). The summed E-state index contributed by atoms with van der Waals surface area (Å²) in [4.78, 5) is 36.9. The van der Waals surface area contributed by atoms with Crippen molar-refractivity contribution in [1.29, 1.82) is 0 Å². The first-order valence-electron chi connectivity index (χ1n) is 14.6. The first-order valence-corrected chi connectivity index (χ1v) is 14.6. The largest absolute Gasteiger partial charge is 0.454 e. The van der Waals surface area contributed by atoms with Gasteiger partial charge in [-0.15, -0.1) is 0 Å². The summed E-state index contributed by atoms with van der Waals surface area (Å²) in [5.74, 6) is -0.425. The second kappa shape index (κ2) is 17.7. The van der Waals surface area contributed by atoms with E-state index in [1.165, 1.54) is 19.3 Å². The summed E-state index contributed by atoms with van der Waals surface area (Å²) in [6.45, 7) is 2.94. The van der Waals surface area contributed by atoms with Gasteiger partial charge in [-0.1, -0.05) is 57.1 Å². The van der Waals surface area contributed by atoms with Crippen molar-refractivity contribution in [2.24, 2.45) is 15.0 Å². The topological polar surface area (TPSA) is 117 Å². The number of carbonyl (C=O) groups is 2. The lowest BCUT2D eigenvalue weighted by Crippen LogP contribution is -2.24. The zero-order valence-electron chi connectivity index (χ0n) is 24.2. The number of ether oxygens (including phenoxy) is 1. The third-order valence-corrected chi connectivity index (χ3v) is 6.66. The number of fused-ring (bicyclic) bond motifs is 2. The van der Waals surface area contributed by atoms with Gasteiger partial charge in [0.25, 0.3) is 11.8 Å². The van der Waals surface area contributed by atoms with Crippen LogP contribution in [0.15, 0.2) is 63.5 Å². The van der Waals surface area contributed by atoms with Crippen molar-refractivity contribution in [2.45, 2.75) is 70.5 Å². The average molecular weight is 601 g/mol. The molecule has 2 amide bonds. The van der Waals surface area contributed by atoms with Crippen molar-refractivity contribution in [1.82, 2.24) is 10.6 Å². The Kier molecular flexibility index (Phi) is 13.7. The van der Waals surface area contributed by atoms with Crippen LogP contribution < -0.4 is 16.0 Å². The van der Waals surface area contributed by atoms with E-state index in [2.05, 4.69) is 42.4 Å². The van der Waals surface area contributed by atoms with Crippen LogP contribution in [0.25, 0.3) is 0 Å². The molecule has 0 aliphatic carbocycles. The molecule has 0 aromatic heterocycles. The molecule has 3 heterocycles. The molecule has 12 heteroatoms. The number of amidine groups is 1. The van der Waals surface area contributed by atoms with Crippen molar-refractivity contribution >= 4 is 36.2 Å². The number of rotatable bonds is 1. The monoisotopic (exact) mass is 600 g/mol. The lowest BCUT2D eigenvalue weighted by molar-refractivity contribution is -0.156. The third kappa shape index (κ3) is 13.1. The summed E-state index contributed by atoms with van der Waals surface area (Å²) >= 11 is 0. The number of nitrogens with one attached hydrogen (secondary N) is 3. The molecule has 9 nitrogen and oxygen atoms in total. The Bertz CT molecular complexity index is 1240. The summed E-state index contributed by atoms with van der Waals surface area (Å²) in [6, 6.07) is 12.8. The highest BCUT2D eigenvalue weighted by molar-refractivity contribution is 6.02. The minimum atomic E-state index is -4.59. The number of nitrogens with zero attached hydrogens (tertiary/aromatic N) is 3. The standard InChI is InChI=1S/C31H39F3N6O3/c1-35-30(43-22-31(32,33)34)40-29-38-21-23-11-13-24(14-12-23)27(41)36-19-9-7-5-3-2-4-6-8-10-20-37-28(42)25-15-17-26(39-29)18-16-25/h11-18H,1-10,19-22H2,(H,36,41)(H,37,42)(H,38,39)/b40-30+. The van der Waals surface area contributed by atoms with Crippen molar-refractivity contribution in [3.63, 3.8) is 0 Å². The molecular weight excluding hydrogens is 561 g/mol. The van der Waals surface area contributed by atoms with Crippen LogP contribution in [0.5, 0.6) is 0 Å². The van der Waals surface area contributed by atoms with Crippen molar-refractivity contribution in [3.05, 3.63) is 65.2 Å². The van der Waals surface area contributed by atoms with Gasteiger partial charge >= 0.3 is 12.2 Å². The number of carbonyl (C=O) groups excluding carboxylic acids is 2. The Balaban J connectivity index is 1.79. The predicted octanol–water partition coefficient (Wildman–Crippen LogP) is 6.27. The van der Waals surface area contributed by atoms with E-state index in [4.69, 9.17) is 0 Å². The molecular formula is C31H39F3N6O3. The second-order valence-corrected chi connectivity index (χ2v) is 10.2. The quantitative estimate of drug-likeness (QED) is 0.264. The summed E-state index contributed by atoms with van der Waals surface area (Å²) in [7, 11) is 0. The van der Waals surface area contributed by atoms with Gasteiger partial charge in [0.15, 0.2) is 6.61 Å². The van der Waals surface area contributed by atoms with Gasteiger partial charge in [0.05, 0.1) is 6.54 Å². The predicted molar refractivity (Wildman–Crippen MR) is 163 cm³/mol. The second-order valence-electron chi connectivity index (χ2n) is 10.2. The van der Waals surface area contributed by atoms with E-state index in [-0.39, 0.29) is 24.3 Å². The fraction of sp³-hybridized carbons (Fsp3) is 0.452. The van der Waals surface area contributed by atoms with Crippen molar-refractivity contribution in [2.75, 3.05) is 25.0 Å². The maximum Gasteiger partial charge on any atom is 0.422 e. The molecule has 3 N–H and O–H groups in total. The minimum absolute atomic E-state index is 0.0824. The van der Waals surface area contributed by atoms with E-state index in [1.807, 2.05) is 0 Å². The van der Waals surface area contributed by atoms with E-state index < -0.39 is 18.8 Å². The van der Waals surface area contributed by atoms with Crippen LogP contribution in [0.1, 0.15) is 84.1 Å². The molecule has 0 spiro atoms. The van der Waals surface area contributed by atoms with Gasteiger partial charge in [0.1, 0.15) is 0 Å². The van der Waals surface area contributed by atoms with Crippen LogP contribution in [-0.4, -0.2) is 56.4 Å². The number of amides is 2. The van der Waals surface area contributed by atoms with Gasteiger partial charge < -0.3 is 20.7 Å². The average Bonchev–Trinajstić information content (AvgIpc) is 2.99. The van der Waals surface area contributed by atoms with E-state index in [1.54, 1.807) is 48.5 Å². The Morgan fingerprint density at radius 3 is 1.77 bits per heavy atom. The van der Waals surface area contributed by atoms with E-state index in [9.17, 15) is 22.8 Å². The van der Waals surface area contributed by atoms with Crippen LogP contribution in [0.4, 0.5) is 18.9 Å². The van der Waals surface area contributed by atoms with Crippen LogP contribution in [0.3, 0.4) is 0 Å². The molecule has 0 saturated heterocycles. The Hall–Kier alpha value is -4.22. The van der Waals surface area contributed by atoms with Crippen LogP contribution in [0, 0.1) is 0 Å². The molecule has 0 fully saturated rings. The lowest BCUT2D eigenvalue weighted by atomic mass is 10.1. The highest BCUT2D eigenvalue weighted by atomic mass is 19.4. The number of benzene rings is 2. The van der Waals surface area contributed by atoms with Gasteiger partial charge in [-0.2, -0.15) is 18.2 Å². The summed E-state index contributed by atoms with van der Waals surface area (Å²) in [5, 5.41) is 8.81. The molecule has 0 saturated carbocycles. The highest BCUT2D eigenvalue weighted by Gasteiger charge is 2.29. The van der Waals surface area contributed by atoms with Crippen LogP contribution in [-0.2, 0) is 11.3 Å². The molecule has 2 aromatic carbocycles. The zero-order chi connectivity index (χ0) is 30.9. The maximum atomic E-state index is 12.7. The smallest absolute Gasteiger partial charge is 0.422 e. The third-order valence-electron chi connectivity index (χ3n) is 6.66. The van der Waals surface area contributed by atoms with Gasteiger partial charge in [-0.25, -0.2) is 9.98 Å². The first-order chi connectivity index (χ1) is 20.7. The number of alkyl halides is 3. The van der Waals surface area contributed by atoms with Gasteiger partial charge in [-0.3, -0.25) is 9.59 Å². The number of aliphatic imine (C=N–C) groups is 3. The molecule has 3 aliphatic rings. The number of hydrogen-bond donors (Lipinski definition) is 3. The van der Waals surface area contributed by atoms with Gasteiger partial charge in [0.2, 0.25) is 5.96 Å². The molecule has 4 bridgehead atoms. The summed E-state index contributed by atoms with van der Waals surface area (Å²) < 4.78 is 42.7. The summed E-state index contributed by atoms with van der Waals surface area (Å²) in [5.41, 5.74) is 2.21. The number of hydrogen-bond acceptors (Lipinski definition) is 6. The van der Waals surface area contributed by atoms with Crippen molar-refractivity contribution < 1.29 is 27.5 Å². The molecule has 3 aliphatic heterocycles. The molecule has 232 valence electrons. The molecule has 2 aromatic rings. The van der Waals surface area contributed by atoms with Crippen LogP contribution >= 0.6 is 0 Å². The Morgan fingerprint density at radius 2 is 1.28 bits per heavy atom. The van der Waals surface area contributed by atoms with E-state index in [0.29, 0.717) is 29.9 Å².